The van der Waals surface area contributed by atoms with Crippen LogP contribution in [0.15, 0.2) is 18.5 Å². The molecule has 19 heavy (non-hydrogen) atoms. The van der Waals surface area contributed by atoms with E-state index in [0.29, 0.717) is 24.4 Å². The molecular formula is C12H20Cl2N4O. The Morgan fingerprint density at radius 2 is 2.11 bits per heavy atom. The van der Waals surface area contributed by atoms with Gasteiger partial charge < -0.3 is 10.6 Å². The Bertz CT molecular complexity index is 412. The second-order valence-corrected chi connectivity index (χ2v) is 5.17. The lowest BCUT2D eigenvalue weighted by molar-refractivity contribution is -0.131. The summed E-state index contributed by atoms with van der Waals surface area (Å²) in [6.07, 6.45) is 5.82. The van der Waals surface area contributed by atoms with E-state index in [1.807, 2.05) is 17.2 Å². The van der Waals surface area contributed by atoms with Gasteiger partial charge >= 0.3 is 0 Å². The van der Waals surface area contributed by atoms with E-state index in [4.69, 9.17) is 5.73 Å². The largest absolute Gasteiger partial charge is 0.340 e. The molecule has 5 nitrogen and oxygen atoms in total. The van der Waals surface area contributed by atoms with Gasteiger partial charge in [0.25, 0.3) is 0 Å². The highest BCUT2D eigenvalue weighted by atomic mass is 35.5. The summed E-state index contributed by atoms with van der Waals surface area (Å²) in [5.41, 5.74) is 6.06. The van der Waals surface area contributed by atoms with Crippen LogP contribution in [-0.4, -0.2) is 39.7 Å². The maximum Gasteiger partial charge on any atom is 0.244 e. The lowest BCUT2D eigenvalue weighted by atomic mass is 9.98. The van der Waals surface area contributed by atoms with Crippen molar-refractivity contribution in [2.75, 3.05) is 13.1 Å². The molecule has 3 rings (SSSR count). The Balaban J connectivity index is 0.000000902. The van der Waals surface area contributed by atoms with Crippen molar-refractivity contribution in [2.45, 2.75) is 25.4 Å². The highest BCUT2D eigenvalue weighted by molar-refractivity contribution is 5.85. The van der Waals surface area contributed by atoms with Crippen LogP contribution in [0.4, 0.5) is 0 Å². The minimum Gasteiger partial charge on any atom is -0.340 e. The number of aromatic nitrogens is 2. The normalized spacial score (nSPS) is 28.5. The Hall–Kier alpha value is -0.780. The standard InChI is InChI=1S/C12H18N4O.2ClH/c13-11-3-2-9-6-15(7-10(9)11)12(17)8-16-5-1-4-14-16;;/h1,4-5,9-11H,2-3,6-8,13H2;2*1H. The summed E-state index contributed by atoms with van der Waals surface area (Å²) in [6, 6.07) is 2.13. The number of nitrogens with two attached hydrogens (primary N) is 1. The molecule has 1 aliphatic heterocycles. The van der Waals surface area contributed by atoms with Gasteiger partial charge in [-0.1, -0.05) is 0 Å². The minimum absolute atomic E-state index is 0. The van der Waals surface area contributed by atoms with Gasteiger partial charge in [-0.05, 0) is 30.7 Å². The molecule has 1 aromatic heterocycles. The molecule has 1 amide bonds. The molecule has 108 valence electrons. The lowest BCUT2D eigenvalue weighted by Gasteiger charge is -2.18. The molecule has 0 spiro atoms. The van der Waals surface area contributed by atoms with Crippen LogP contribution >= 0.6 is 24.8 Å². The second-order valence-electron chi connectivity index (χ2n) is 5.17. The summed E-state index contributed by atoms with van der Waals surface area (Å²) in [5, 5.41) is 4.06. The summed E-state index contributed by atoms with van der Waals surface area (Å²) in [4.78, 5) is 14.0. The van der Waals surface area contributed by atoms with Gasteiger partial charge in [-0.25, -0.2) is 0 Å². The van der Waals surface area contributed by atoms with E-state index < -0.39 is 0 Å². The number of hydrogen-bond acceptors (Lipinski definition) is 3. The molecule has 1 saturated heterocycles. The maximum atomic E-state index is 12.1. The van der Waals surface area contributed by atoms with Crippen molar-refractivity contribution in [1.82, 2.24) is 14.7 Å². The van der Waals surface area contributed by atoms with Gasteiger partial charge in [-0.2, -0.15) is 5.10 Å². The van der Waals surface area contributed by atoms with Crippen LogP contribution in [0.2, 0.25) is 0 Å². The van der Waals surface area contributed by atoms with Crippen LogP contribution in [0.5, 0.6) is 0 Å². The molecule has 0 bridgehead atoms. The van der Waals surface area contributed by atoms with Crippen LogP contribution in [0.25, 0.3) is 0 Å². The van der Waals surface area contributed by atoms with Gasteiger partial charge in [0, 0.05) is 31.5 Å². The third-order valence-electron chi connectivity index (χ3n) is 4.12. The zero-order valence-electron chi connectivity index (χ0n) is 10.6. The van der Waals surface area contributed by atoms with Gasteiger partial charge in [0.2, 0.25) is 5.91 Å². The fourth-order valence-corrected chi connectivity index (χ4v) is 3.14. The topological polar surface area (TPSA) is 64.2 Å². The van der Waals surface area contributed by atoms with Gasteiger partial charge in [0.15, 0.2) is 0 Å². The molecule has 3 unspecified atom stereocenters. The number of rotatable bonds is 2. The van der Waals surface area contributed by atoms with Crippen molar-refractivity contribution < 1.29 is 4.79 Å². The van der Waals surface area contributed by atoms with Crippen molar-refractivity contribution in [2.24, 2.45) is 17.6 Å². The fourth-order valence-electron chi connectivity index (χ4n) is 3.14. The monoisotopic (exact) mass is 306 g/mol. The van der Waals surface area contributed by atoms with E-state index in [1.54, 1.807) is 10.9 Å². The molecule has 0 aromatic carbocycles. The Morgan fingerprint density at radius 3 is 2.74 bits per heavy atom. The Kier molecular flexibility index (Phi) is 5.64. The zero-order valence-corrected chi connectivity index (χ0v) is 12.3. The molecule has 0 radical (unpaired) electrons. The van der Waals surface area contributed by atoms with Gasteiger partial charge in [0.1, 0.15) is 6.54 Å². The van der Waals surface area contributed by atoms with Crippen LogP contribution in [0, 0.1) is 11.8 Å². The summed E-state index contributed by atoms with van der Waals surface area (Å²) >= 11 is 0. The van der Waals surface area contributed by atoms with Crippen molar-refractivity contribution in [3.05, 3.63) is 18.5 Å². The van der Waals surface area contributed by atoms with Crippen molar-refractivity contribution >= 4 is 30.7 Å². The third-order valence-corrected chi connectivity index (χ3v) is 4.12. The summed E-state index contributed by atoms with van der Waals surface area (Å²) in [5.74, 6) is 1.32. The number of fused-ring (bicyclic) bond motifs is 1. The molecular weight excluding hydrogens is 287 g/mol. The third kappa shape index (κ3) is 3.22. The molecule has 3 atom stereocenters. The second kappa shape index (κ2) is 6.59. The zero-order chi connectivity index (χ0) is 11.8. The van der Waals surface area contributed by atoms with E-state index in [9.17, 15) is 4.79 Å². The van der Waals surface area contributed by atoms with E-state index >= 15 is 0 Å². The first kappa shape index (κ1) is 16.3. The van der Waals surface area contributed by atoms with Crippen LogP contribution in [0.3, 0.4) is 0 Å². The predicted molar refractivity (Wildman–Crippen MR) is 77.5 cm³/mol. The molecule has 2 aliphatic rings. The van der Waals surface area contributed by atoms with E-state index in [-0.39, 0.29) is 30.7 Å². The van der Waals surface area contributed by atoms with Crippen molar-refractivity contribution in [1.29, 1.82) is 0 Å². The molecule has 2 N–H and O–H groups in total. The minimum atomic E-state index is 0. The number of amides is 1. The van der Waals surface area contributed by atoms with E-state index in [1.165, 1.54) is 6.42 Å². The van der Waals surface area contributed by atoms with Crippen molar-refractivity contribution in [3.63, 3.8) is 0 Å². The SMILES string of the molecule is Cl.Cl.NC1CCC2CN(C(=O)Cn3cccn3)CC12. The van der Waals surface area contributed by atoms with Crippen molar-refractivity contribution in [3.8, 4) is 0 Å². The van der Waals surface area contributed by atoms with Gasteiger partial charge in [-0.3, -0.25) is 9.48 Å². The van der Waals surface area contributed by atoms with Crippen LogP contribution < -0.4 is 5.73 Å². The maximum absolute atomic E-state index is 12.1. The Morgan fingerprint density at radius 1 is 1.32 bits per heavy atom. The summed E-state index contributed by atoms with van der Waals surface area (Å²) < 4.78 is 1.68. The average Bonchev–Trinajstić information content (AvgIpc) is 2.97. The van der Waals surface area contributed by atoms with Crippen LogP contribution in [-0.2, 0) is 11.3 Å². The fraction of sp³-hybridized carbons (Fsp3) is 0.667. The highest BCUT2D eigenvalue weighted by Crippen LogP contribution is 2.37. The average molecular weight is 307 g/mol. The first-order valence-electron chi connectivity index (χ1n) is 6.25. The quantitative estimate of drug-likeness (QED) is 0.884. The number of carbonyl (C=O) groups excluding carboxylic acids is 1. The predicted octanol–water partition coefficient (Wildman–Crippen LogP) is 0.922. The number of nitrogens with zero attached hydrogens (tertiary/aromatic N) is 3. The first-order valence-corrected chi connectivity index (χ1v) is 6.25. The number of halogens is 2. The molecule has 1 aromatic rings. The highest BCUT2D eigenvalue weighted by Gasteiger charge is 2.42. The summed E-state index contributed by atoms with van der Waals surface area (Å²) in [6.45, 7) is 2.08. The van der Waals surface area contributed by atoms with Gasteiger partial charge in [0.05, 0.1) is 0 Å². The summed E-state index contributed by atoms with van der Waals surface area (Å²) in [7, 11) is 0. The van der Waals surface area contributed by atoms with Gasteiger partial charge in [-0.15, -0.1) is 24.8 Å². The lowest BCUT2D eigenvalue weighted by Crippen LogP contribution is -2.35. The number of likely N-dealkylation sites (tertiary alicyclic amines) is 1. The van der Waals surface area contributed by atoms with Crippen LogP contribution in [0.1, 0.15) is 12.8 Å². The van der Waals surface area contributed by atoms with E-state index in [0.717, 1.165) is 19.5 Å². The molecule has 2 heterocycles. The number of hydrogen-bond donors (Lipinski definition) is 1. The Labute approximate surface area is 125 Å². The molecule has 7 heteroatoms. The van der Waals surface area contributed by atoms with E-state index in [2.05, 4.69) is 5.10 Å². The molecule has 1 aliphatic carbocycles. The first-order chi connectivity index (χ1) is 8.24. The molecule has 1 saturated carbocycles. The number of carbonyl (C=O) groups is 1. The molecule has 2 fully saturated rings. The smallest absolute Gasteiger partial charge is 0.244 e.